The highest BCUT2D eigenvalue weighted by molar-refractivity contribution is 7.07. The van der Waals surface area contributed by atoms with Crippen LogP contribution in [0.25, 0.3) is 0 Å². The van der Waals surface area contributed by atoms with Crippen LogP contribution < -0.4 is 5.32 Å². The monoisotopic (exact) mass is 283 g/mol. The standard InChI is InChI=1S/C14H15ClFNS/c1-17-13(6-5-10-7-8-18-9-10)14-11(15)3-2-4-12(14)16/h2-4,7-9,13,17H,5-6H2,1H3. The predicted molar refractivity (Wildman–Crippen MR) is 75.9 cm³/mol. The molecule has 96 valence electrons. The summed E-state index contributed by atoms with van der Waals surface area (Å²) in [5.41, 5.74) is 1.85. The van der Waals surface area contributed by atoms with Gasteiger partial charge in [-0.25, -0.2) is 4.39 Å². The fraction of sp³-hybridized carbons (Fsp3) is 0.286. The minimum absolute atomic E-state index is 0.0569. The van der Waals surface area contributed by atoms with Crippen molar-refractivity contribution >= 4 is 22.9 Å². The van der Waals surface area contributed by atoms with Crippen LogP contribution in [0.4, 0.5) is 4.39 Å². The van der Waals surface area contributed by atoms with Crippen LogP contribution in [0.3, 0.4) is 0 Å². The van der Waals surface area contributed by atoms with Crippen LogP contribution >= 0.6 is 22.9 Å². The van der Waals surface area contributed by atoms with E-state index in [1.807, 2.05) is 7.05 Å². The van der Waals surface area contributed by atoms with Crippen molar-refractivity contribution in [3.05, 3.63) is 57.0 Å². The van der Waals surface area contributed by atoms with Crippen LogP contribution in [0.2, 0.25) is 5.02 Å². The van der Waals surface area contributed by atoms with Crippen molar-refractivity contribution in [2.24, 2.45) is 0 Å². The van der Waals surface area contributed by atoms with Gasteiger partial charge in [0.25, 0.3) is 0 Å². The van der Waals surface area contributed by atoms with Gasteiger partial charge in [0, 0.05) is 16.6 Å². The van der Waals surface area contributed by atoms with E-state index >= 15 is 0 Å². The first-order valence-electron chi connectivity index (χ1n) is 5.84. The molecule has 1 aromatic carbocycles. The zero-order chi connectivity index (χ0) is 13.0. The molecule has 1 aromatic heterocycles. The second-order valence-electron chi connectivity index (χ2n) is 4.15. The average molecular weight is 284 g/mol. The van der Waals surface area contributed by atoms with Gasteiger partial charge >= 0.3 is 0 Å². The lowest BCUT2D eigenvalue weighted by Crippen LogP contribution is -2.18. The third kappa shape index (κ3) is 3.10. The molecule has 2 rings (SSSR count). The molecule has 0 aliphatic rings. The Morgan fingerprint density at radius 1 is 1.39 bits per heavy atom. The summed E-state index contributed by atoms with van der Waals surface area (Å²) in [6, 6.07) is 6.86. The van der Waals surface area contributed by atoms with Gasteiger partial charge in [-0.05, 0) is 54.4 Å². The largest absolute Gasteiger partial charge is 0.313 e. The van der Waals surface area contributed by atoms with E-state index < -0.39 is 0 Å². The third-order valence-electron chi connectivity index (χ3n) is 3.00. The summed E-state index contributed by atoms with van der Waals surface area (Å²) in [6.45, 7) is 0. The molecule has 18 heavy (non-hydrogen) atoms. The number of hydrogen-bond acceptors (Lipinski definition) is 2. The smallest absolute Gasteiger partial charge is 0.129 e. The first-order chi connectivity index (χ1) is 8.72. The lowest BCUT2D eigenvalue weighted by Gasteiger charge is -2.18. The lowest BCUT2D eigenvalue weighted by atomic mass is 9.99. The Bertz CT molecular complexity index is 478. The second-order valence-corrected chi connectivity index (χ2v) is 5.33. The first kappa shape index (κ1) is 13.5. The van der Waals surface area contributed by atoms with Crippen molar-refractivity contribution in [3.8, 4) is 0 Å². The normalized spacial score (nSPS) is 12.6. The van der Waals surface area contributed by atoms with Crippen LogP contribution in [-0.2, 0) is 6.42 Å². The Morgan fingerprint density at radius 2 is 2.22 bits per heavy atom. The minimum atomic E-state index is -0.243. The molecule has 0 spiro atoms. The number of benzene rings is 1. The number of rotatable bonds is 5. The molecule has 0 aliphatic carbocycles. The highest BCUT2D eigenvalue weighted by Crippen LogP contribution is 2.28. The summed E-state index contributed by atoms with van der Waals surface area (Å²) >= 11 is 7.77. The first-order valence-corrected chi connectivity index (χ1v) is 7.16. The van der Waals surface area contributed by atoms with Gasteiger partial charge in [-0.2, -0.15) is 11.3 Å². The average Bonchev–Trinajstić information content (AvgIpc) is 2.86. The van der Waals surface area contributed by atoms with E-state index in [1.165, 1.54) is 11.6 Å². The van der Waals surface area contributed by atoms with E-state index in [2.05, 4.69) is 22.1 Å². The van der Waals surface area contributed by atoms with E-state index in [9.17, 15) is 4.39 Å². The van der Waals surface area contributed by atoms with Crippen LogP contribution in [-0.4, -0.2) is 7.05 Å². The molecule has 0 bridgehead atoms. The summed E-state index contributed by atoms with van der Waals surface area (Å²) in [6.07, 6.45) is 1.74. The van der Waals surface area contributed by atoms with Crippen molar-refractivity contribution in [1.29, 1.82) is 0 Å². The molecular formula is C14H15ClFNS. The van der Waals surface area contributed by atoms with Gasteiger partial charge in [0.2, 0.25) is 0 Å². The maximum atomic E-state index is 13.8. The maximum Gasteiger partial charge on any atom is 0.129 e. The highest BCUT2D eigenvalue weighted by Gasteiger charge is 2.17. The fourth-order valence-corrected chi connectivity index (χ4v) is 3.02. The van der Waals surface area contributed by atoms with Gasteiger partial charge < -0.3 is 5.32 Å². The van der Waals surface area contributed by atoms with E-state index in [0.29, 0.717) is 10.6 Å². The summed E-state index contributed by atoms with van der Waals surface area (Å²) in [5.74, 6) is -0.243. The van der Waals surface area contributed by atoms with Gasteiger partial charge in [-0.3, -0.25) is 0 Å². The predicted octanol–water partition coefficient (Wildman–Crippen LogP) is 4.43. The fourth-order valence-electron chi connectivity index (χ4n) is 2.02. The zero-order valence-corrected chi connectivity index (χ0v) is 11.7. The number of aryl methyl sites for hydroxylation is 1. The molecule has 1 atom stereocenters. The van der Waals surface area contributed by atoms with Crippen molar-refractivity contribution in [2.45, 2.75) is 18.9 Å². The number of nitrogens with one attached hydrogen (secondary N) is 1. The van der Waals surface area contributed by atoms with Crippen LogP contribution in [0, 0.1) is 5.82 Å². The van der Waals surface area contributed by atoms with Gasteiger partial charge in [-0.15, -0.1) is 0 Å². The van der Waals surface area contributed by atoms with Gasteiger partial charge in [0.1, 0.15) is 5.82 Å². The van der Waals surface area contributed by atoms with E-state index in [4.69, 9.17) is 11.6 Å². The minimum Gasteiger partial charge on any atom is -0.313 e. The lowest BCUT2D eigenvalue weighted by molar-refractivity contribution is 0.509. The van der Waals surface area contributed by atoms with Crippen LogP contribution in [0.5, 0.6) is 0 Å². The molecule has 1 nitrogen and oxygen atoms in total. The molecule has 1 N–H and O–H groups in total. The second kappa shape index (κ2) is 6.32. The Labute approximate surface area is 116 Å². The molecule has 0 aliphatic heterocycles. The van der Waals surface area contributed by atoms with Gasteiger partial charge in [-0.1, -0.05) is 17.7 Å². The van der Waals surface area contributed by atoms with Gasteiger partial charge in [0.15, 0.2) is 0 Å². The molecular weight excluding hydrogens is 269 g/mol. The molecule has 0 radical (unpaired) electrons. The SMILES string of the molecule is CNC(CCc1ccsc1)c1c(F)cccc1Cl. The zero-order valence-electron chi connectivity index (χ0n) is 10.1. The van der Waals surface area contributed by atoms with E-state index in [0.717, 1.165) is 12.8 Å². The van der Waals surface area contributed by atoms with Crippen molar-refractivity contribution < 1.29 is 4.39 Å². The molecule has 4 heteroatoms. The topological polar surface area (TPSA) is 12.0 Å². The summed E-state index contributed by atoms with van der Waals surface area (Å²) in [5, 5.41) is 7.80. The molecule has 1 unspecified atom stereocenters. The molecule has 0 saturated heterocycles. The summed E-state index contributed by atoms with van der Waals surface area (Å²) in [7, 11) is 1.83. The summed E-state index contributed by atoms with van der Waals surface area (Å²) in [4.78, 5) is 0. The molecule has 0 saturated carbocycles. The Kier molecular flexibility index (Phi) is 4.75. The van der Waals surface area contributed by atoms with Crippen molar-refractivity contribution in [2.75, 3.05) is 7.05 Å². The molecule has 1 heterocycles. The molecule has 2 aromatic rings. The Balaban J connectivity index is 2.13. The van der Waals surface area contributed by atoms with Crippen LogP contribution in [0.15, 0.2) is 35.0 Å². The number of hydrogen-bond donors (Lipinski definition) is 1. The third-order valence-corrected chi connectivity index (χ3v) is 4.06. The van der Waals surface area contributed by atoms with Crippen molar-refractivity contribution in [1.82, 2.24) is 5.32 Å². The Hall–Kier alpha value is -0.900. The molecule has 0 amide bonds. The van der Waals surface area contributed by atoms with E-state index in [1.54, 1.807) is 23.5 Å². The maximum absolute atomic E-state index is 13.8. The van der Waals surface area contributed by atoms with Gasteiger partial charge in [0.05, 0.1) is 0 Å². The summed E-state index contributed by atoms with van der Waals surface area (Å²) < 4.78 is 13.8. The number of halogens is 2. The quantitative estimate of drug-likeness (QED) is 0.856. The highest BCUT2D eigenvalue weighted by atomic mass is 35.5. The van der Waals surface area contributed by atoms with Crippen molar-refractivity contribution in [3.63, 3.8) is 0 Å². The van der Waals surface area contributed by atoms with Crippen LogP contribution in [0.1, 0.15) is 23.6 Å². The molecule has 0 fully saturated rings. The Morgan fingerprint density at radius 3 is 2.83 bits per heavy atom. The van der Waals surface area contributed by atoms with E-state index in [-0.39, 0.29) is 11.9 Å². The number of thiophene rings is 1.